The lowest BCUT2D eigenvalue weighted by Crippen LogP contribution is -2.51. The summed E-state index contributed by atoms with van der Waals surface area (Å²) in [5.74, 6) is 0.282. The normalized spacial score (nSPS) is 16.7. The molecule has 8 heteroatoms. The zero-order valence-electron chi connectivity index (χ0n) is 11.3. The van der Waals surface area contributed by atoms with Crippen molar-refractivity contribution >= 4 is 31.9 Å². The summed E-state index contributed by atoms with van der Waals surface area (Å²) >= 11 is 3.27. The fraction of sp³-hybridized carbons (Fsp3) is 0.417. The number of rotatable bonds is 3. The van der Waals surface area contributed by atoms with Crippen LogP contribution in [0.2, 0.25) is 0 Å². The second-order valence-corrected chi connectivity index (χ2v) is 7.32. The Morgan fingerprint density at radius 2 is 2.00 bits per heavy atom. The van der Waals surface area contributed by atoms with Crippen LogP contribution in [0.1, 0.15) is 13.8 Å². The van der Waals surface area contributed by atoms with Crippen LogP contribution in [0.4, 0.5) is 0 Å². The van der Waals surface area contributed by atoms with Gasteiger partial charge < -0.3 is 5.32 Å². The average molecular weight is 361 g/mol. The van der Waals surface area contributed by atoms with E-state index in [2.05, 4.69) is 49.7 Å². The van der Waals surface area contributed by atoms with Crippen LogP contribution in [-0.2, 0) is 10.0 Å². The third-order valence-corrected chi connectivity index (χ3v) is 4.83. The molecular formula is C12H17BrN4O2S. The van der Waals surface area contributed by atoms with Gasteiger partial charge in [-0.3, -0.25) is 4.90 Å². The van der Waals surface area contributed by atoms with E-state index in [0.717, 1.165) is 4.47 Å². The van der Waals surface area contributed by atoms with Crippen molar-refractivity contribution in [2.24, 2.45) is 4.99 Å². The van der Waals surface area contributed by atoms with Crippen LogP contribution in [0, 0.1) is 0 Å². The Labute approximate surface area is 127 Å². The van der Waals surface area contributed by atoms with Gasteiger partial charge in [0.1, 0.15) is 0 Å². The predicted molar refractivity (Wildman–Crippen MR) is 81.7 cm³/mol. The molecule has 1 aromatic rings. The standard InChI is InChI=1S/C12H17BrN4O2S/c1-9(2)17-7-14-12(15-8-17)16-20(18,19)11-5-3-10(13)4-6-11/h3-6,9H,7-8H2,1-2H3,(H2,14,15,16). The van der Waals surface area contributed by atoms with E-state index < -0.39 is 10.0 Å². The second-order valence-electron chi connectivity index (χ2n) is 4.72. The lowest BCUT2D eigenvalue weighted by Gasteiger charge is -2.29. The lowest BCUT2D eigenvalue weighted by molar-refractivity contribution is 0.213. The number of halogens is 1. The van der Waals surface area contributed by atoms with Crippen LogP contribution in [0.15, 0.2) is 38.6 Å². The Morgan fingerprint density at radius 1 is 1.35 bits per heavy atom. The summed E-state index contributed by atoms with van der Waals surface area (Å²) in [6.45, 7) is 5.17. The van der Waals surface area contributed by atoms with Crippen molar-refractivity contribution in [1.29, 1.82) is 0 Å². The molecule has 0 atom stereocenters. The molecular weight excluding hydrogens is 344 g/mol. The van der Waals surface area contributed by atoms with Crippen LogP contribution < -0.4 is 10.0 Å². The first-order chi connectivity index (χ1) is 9.38. The molecule has 1 aliphatic rings. The first kappa shape index (κ1) is 15.3. The van der Waals surface area contributed by atoms with Crippen molar-refractivity contribution < 1.29 is 8.42 Å². The van der Waals surface area contributed by atoms with E-state index >= 15 is 0 Å². The van der Waals surface area contributed by atoms with Gasteiger partial charge in [0.05, 0.1) is 18.2 Å². The van der Waals surface area contributed by atoms with Crippen LogP contribution in [0.3, 0.4) is 0 Å². The van der Waals surface area contributed by atoms with E-state index in [1.54, 1.807) is 12.1 Å². The highest BCUT2D eigenvalue weighted by molar-refractivity contribution is 9.10. The van der Waals surface area contributed by atoms with E-state index in [1.165, 1.54) is 12.1 Å². The van der Waals surface area contributed by atoms with Gasteiger partial charge in [-0.2, -0.15) is 0 Å². The van der Waals surface area contributed by atoms with E-state index in [1.807, 2.05) is 0 Å². The molecule has 0 radical (unpaired) electrons. The molecule has 110 valence electrons. The number of nitrogens with zero attached hydrogens (tertiary/aromatic N) is 2. The van der Waals surface area contributed by atoms with Crippen LogP contribution in [0.5, 0.6) is 0 Å². The number of nitrogens with one attached hydrogen (secondary N) is 2. The summed E-state index contributed by atoms with van der Waals surface area (Å²) in [7, 11) is -3.60. The first-order valence-corrected chi connectivity index (χ1v) is 8.47. The fourth-order valence-electron chi connectivity index (χ4n) is 1.66. The van der Waals surface area contributed by atoms with Gasteiger partial charge in [-0.05, 0) is 38.1 Å². The molecule has 0 bridgehead atoms. The zero-order valence-corrected chi connectivity index (χ0v) is 13.7. The Balaban J connectivity index is 2.08. The van der Waals surface area contributed by atoms with Crippen molar-refractivity contribution in [3.63, 3.8) is 0 Å². The minimum Gasteiger partial charge on any atom is -0.343 e. The van der Waals surface area contributed by atoms with E-state index in [0.29, 0.717) is 19.4 Å². The Morgan fingerprint density at radius 3 is 2.50 bits per heavy atom. The largest absolute Gasteiger partial charge is 0.343 e. The predicted octanol–water partition coefficient (Wildman–Crippen LogP) is 1.31. The highest BCUT2D eigenvalue weighted by atomic mass is 79.9. The Hall–Kier alpha value is -1.12. The summed E-state index contributed by atoms with van der Waals surface area (Å²) in [4.78, 5) is 6.48. The van der Waals surface area contributed by atoms with Gasteiger partial charge in [-0.25, -0.2) is 18.1 Å². The molecule has 20 heavy (non-hydrogen) atoms. The molecule has 1 aromatic carbocycles. The molecule has 0 saturated carbocycles. The number of benzene rings is 1. The average Bonchev–Trinajstić information content (AvgIpc) is 2.39. The van der Waals surface area contributed by atoms with Gasteiger partial charge in [0, 0.05) is 10.5 Å². The van der Waals surface area contributed by atoms with Crippen LogP contribution in [-0.4, -0.2) is 38.7 Å². The summed E-state index contributed by atoms with van der Waals surface area (Å²) in [5, 5.41) is 2.96. The maximum atomic E-state index is 12.2. The molecule has 0 aromatic heterocycles. The van der Waals surface area contributed by atoms with Crippen LogP contribution >= 0.6 is 15.9 Å². The van der Waals surface area contributed by atoms with Gasteiger partial charge in [0.15, 0.2) is 0 Å². The van der Waals surface area contributed by atoms with E-state index in [-0.39, 0.29) is 10.9 Å². The minimum atomic E-state index is -3.60. The van der Waals surface area contributed by atoms with Crippen molar-refractivity contribution in [2.45, 2.75) is 24.8 Å². The zero-order chi connectivity index (χ0) is 14.8. The van der Waals surface area contributed by atoms with Gasteiger partial charge in [0.2, 0.25) is 5.96 Å². The summed E-state index contributed by atoms with van der Waals surface area (Å²) in [6, 6.07) is 6.80. The maximum absolute atomic E-state index is 12.2. The van der Waals surface area contributed by atoms with Gasteiger partial charge in [-0.1, -0.05) is 15.9 Å². The fourth-order valence-corrected chi connectivity index (χ4v) is 2.93. The topological polar surface area (TPSA) is 73.8 Å². The molecule has 2 N–H and O–H groups in total. The third kappa shape index (κ3) is 3.71. The summed E-state index contributed by atoms with van der Waals surface area (Å²) in [5.41, 5.74) is 0. The first-order valence-electron chi connectivity index (χ1n) is 6.19. The van der Waals surface area contributed by atoms with E-state index in [9.17, 15) is 8.42 Å². The molecule has 6 nitrogen and oxygen atoms in total. The minimum absolute atomic E-state index is 0.205. The Bertz CT molecular complexity index is 598. The quantitative estimate of drug-likeness (QED) is 0.852. The highest BCUT2D eigenvalue weighted by Gasteiger charge is 2.20. The van der Waals surface area contributed by atoms with Crippen molar-refractivity contribution in [3.8, 4) is 0 Å². The molecule has 1 heterocycles. The monoisotopic (exact) mass is 360 g/mol. The molecule has 0 unspecified atom stereocenters. The van der Waals surface area contributed by atoms with Crippen molar-refractivity contribution in [1.82, 2.24) is 14.9 Å². The number of hydrogen-bond acceptors (Lipinski definition) is 5. The van der Waals surface area contributed by atoms with Gasteiger partial charge >= 0.3 is 0 Å². The number of hydrogen-bond donors (Lipinski definition) is 2. The van der Waals surface area contributed by atoms with Gasteiger partial charge in [-0.15, -0.1) is 0 Å². The van der Waals surface area contributed by atoms with Crippen LogP contribution in [0.25, 0.3) is 0 Å². The second kappa shape index (κ2) is 6.11. The number of guanidine groups is 1. The van der Waals surface area contributed by atoms with Crippen molar-refractivity contribution in [2.75, 3.05) is 13.3 Å². The summed E-state index contributed by atoms with van der Waals surface area (Å²) in [6.07, 6.45) is 0. The highest BCUT2D eigenvalue weighted by Crippen LogP contribution is 2.14. The maximum Gasteiger partial charge on any atom is 0.264 e. The molecule has 0 saturated heterocycles. The smallest absolute Gasteiger partial charge is 0.264 e. The molecule has 1 aliphatic heterocycles. The molecule has 0 spiro atoms. The molecule has 0 aliphatic carbocycles. The number of sulfonamides is 1. The number of aliphatic imine (C=N–C) groups is 1. The SMILES string of the molecule is CC(C)N1CN=C(NS(=O)(=O)c2ccc(Br)cc2)NC1. The lowest BCUT2D eigenvalue weighted by atomic mass is 10.3. The third-order valence-electron chi connectivity index (χ3n) is 2.95. The Kier molecular flexibility index (Phi) is 4.66. The van der Waals surface area contributed by atoms with E-state index in [4.69, 9.17) is 0 Å². The van der Waals surface area contributed by atoms with Crippen molar-refractivity contribution in [3.05, 3.63) is 28.7 Å². The summed E-state index contributed by atoms with van der Waals surface area (Å²) < 4.78 is 27.6. The van der Waals surface area contributed by atoms with Gasteiger partial charge in [0.25, 0.3) is 10.0 Å². The molecule has 2 rings (SSSR count). The molecule has 0 amide bonds. The molecule has 0 fully saturated rings.